The zero-order valence-electron chi connectivity index (χ0n) is 12.7. The third-order valence-electron chi connectivity index (χ3n) is 2.98. The summed E-state index contributed by atoms with van der Waals surface area (Å²) >= 11 is 3.34. The Morgan fingerprint density at radius 2 is 2.05 bits per heavy atom. The lowest BCUT2D eigenvalue weighted by Crippen LogP contribution is -2.35. The van der Waals surface area contributed by atoms with Crippen molar-refractivity contribution in [3.8, 4) is 5.75 Å². The molecule has 0 saturated carbocycles. The molecule has 0 aliphatic carbocycles. The van der Waals surface area contributed by atoms with E-state index in [2.05, 4.69) is 31.4 Å². The van der Waals surface area contributed by atoms with Gasteiger partial charge in [-0.3, -0.25) is 4.79 Å². The van der Waals surface area contributed by atoms with E-state index >= 15 is 0 Å². The lowest BCUT2D eigenvalue weighted by atomic mass is 10.0. The van der Waals surface area contributed by atoms with Gasteiger partial charge in [0.1, 0.15) is 11.8 Å². The van der Waals surface area contributed by atoms with Crippen molar-refractivity contribution < 1.29 is 14.1 Å². The molecule has 2 rings (SSSR count). The second kappa shape index (κ2) is 7.40. The predicted molar refractivity (Wildman–Crippen MR) is 84.4 cm³/mol. The molecule has 22 heavy (non-hydrogen) atoms. The highest BCUT2D eigenvalue weighted by molar-refractivity contribution is 9.10. The summed E-state index contributed by atoms with van der Waals surface area (Å²) < 4.78 is 11.5. The number of nitrogens with zero attached hydrogens (tertiary/aromatic N) is 2. The molecule has 0 aliphatic rings. The van der Waals surface area contributed by atoms with Crippen LogP contribution in [0.1, 0.15) is 31.6 Å². The predicted octanol–water partition coefficient (Wildman–Crippen LogP) is 3.03. The first-order valence-electron chi connectivity index (χ1n) is 6.93. The number of hydrogen-bond acceptors (Lipinski definition) is 5. The summed E-state index contributed by atoms with van der Waals surface area (Å²) in [5.41, 5.74) is 0. The number of benzene rings is 1. The van der Waals surface area contributed by atoms with Crippen LogP contribution in [-0.2, 0) is 4.79 Å². The van der Waals surface area contributed by atoms with Crippen LogP contribution in [0, 0.1) is 12.8 Å². The van der Waals surface area contributed by atoms with E-state index in [-0.39, 0.29) is 24.5 Å². The first kappa shape index (κ1) is 16.5. The molecule has 1 N–H and O–H groups in total. The van der Waals surface area contributed by atoms with Gasteiger partial charge in [-0.2, -0.15) is 4.98 Å². The van der Waals surface area contributed by atoms with Crippen molar-refractivity contribution >= 4 is 21.8 Å². The largest absolute Gasteiger partial charge is 0.484 e. The number of carbonyl (C=O) groups excluding carboxylic acids is 1. The van der Waals surface area contributed by atoms with Gasteiger partial charge in [0, 0.05) is 4.47 Å². The first-order chi connectivity index (χ1) is 10.5. The molecule has 0 radical (unpaired) electrons. The summed E-state index contributed by atoms with van der Waals surface area (Å²) in [4.78, 5) is 16.2. The van der Waals surface area contributed by atoms with Crippen LogP contribution in [0.3, 0.4) is 0 Å². The average molecular weight is 368 g/mol. The van der Waals surface area contributed by atoms with Gasteiger partial charge in [0.2, 0.25) is 5.89 Å². The molecule has 1 aromatic carbocycles. The summed E-state index contributed by atoms with van der Waals surface area (Å²) in [6.45, 7) is 5.61. The van der Waals surface area contributed by atoms with Gasteiger partial charge in [-0.25, -0.2) is 0 Å². The minimum atomic E-state index is -0.331. The van der Waals surface area contributed by atoms with Gasteiger partial charge in [-0.05, 0) is 37.1 Å². The number of amides is 1. The summed E-state index contributed by atoms with van der Waals surface area (Å²) in [6, 6.07) is 6.95. The van der Waals surface area contributed by atoms with Crippen LogP contribution in [0.25, 0.3) is 0 Å². The van der Waals surface area contributed by atoms with E-state index < -0.39 is 0 Å². The van der Waals surface area contributed by atoms with Gasteiger partial charge >= 0.3 is 0 Å². The van der Waals surface area contributed by atoms with Gasteiger partial charge < -0.3 is 14.6 Å². The molecule has 0 saturated heterocycles. The van der Waals surface area contributed by atoms with E-state index in [4.69, 9.17) is 9.26 Å². The van der Waals surface area contributed by atoms with Crippen molar-refractivity contribution in [2.45, 2.75) is 26.8 Å². The van der Waals surface area contributed by atoms with Gasteiger partial charge in [0.25, 0.3) is 5.91 Å². The highest BCUT2D eigenvalue weighted by atomic mass is 79.9. The Morgan fingerprint density at radius 1 is 1.36 bits per heavy atom. The van der Waals surface area contributed by atoms with Crippen molar-refractivity contribution in [3.63, 3.8) is 0 Å². The SMILES string of the molecule is Cc1noc([C@@H](NC(=O)COc2ccc(Br)cc2)C(C)C)n1. The van der Waals surface area contributed by atoms with Crippen LogP contribution in [0.2, 0.25) is 0 Å². The molecule has 1 atom stereocenters. The molecule has 1 amide bonds. The molecular weight excluding hydrogens is 350 g/mol. The third-order valence-corrected chi connectivity index (χ3v) is 3.50. The van der Waals surface area contributed by atoms with E-state index in [1.165, 1.54) is 0 Å². The maximum atomic E-state index is 12.0. The van der Waals surface area contributed by atoms with Crippen molar-refractivity contribution in [2.75, 3.05) is 6.61 Å². The maximum Gasteiger partial charge on any atom is 0.258 e. The summed E-state index contributed by atoms with van der Waals surface area (Å²) in [7, 11) is 0. The Kier molecular flexibility index (Phi) is 5.54. The molecule has 0 bridgehead atoms. The lowest BCUT2D eigenvalue weighted by Gasteiger charge is -2.18. The molecule has 6 nitrogen and oxygen atoms in total. The second-order valence-corrected chi connectivity index (χ2v) is 6.13. The van der Waals surface area contributed by atoms with Crippen LogP contribution in [0.4, 0.5) is 0 Å². The number of hydrogen-bond donors (Lipinski definition) is 1. The smallest absolute Gasteiger partial charge is 0.258 e. The molecule has 0 aliphatic heterocycles. The number of ether oxygens (including phenoxy) is 1. The number of nitrogens with one attached hydrogen (secondary N) is 1. The Morgan fingerprint density at radius 3 is 2.59 bits per heavy atom. The molecule has 1 aromatic heterocycles. The quantitative estimate of drug-likeness (QED) is 0.848. The van der Waals surface area contributed by atoms with Crippen LogP contribution in [0.15, 0.2) is 33.3 Å². The molecule has 2 aromatic rings. The molecule has 1 heterocycles. The van der Waals surface area contributed by atoms with Gasteiger partial charge in [-0.1, -0.05) is 34.9 Å². The van der Waals surface area contributed by atoms with E-state index in [0.29, 0.717) is 17.5 Å². The minimum Gasteiger partial charge on any atom is -0.484 e. The second-order valence-electron chi connectivity index (χ2n) is 5.21. The monoisotopic (exact) mass is 367 g/mol. The van der Waals surface area contributed by atoms with Gasteiger partial charge in [0.15, 0.2) is 12.4 Å². The fourth-order valence-corrected chi connectivity index (χ4v) is 2.11. The summed E-state index contributed by atoms with van der Waals surface area (Å²) in [6.07, 6.45) is 0. The molecular formula is C15H18BrN3O3. The third kappa shape index (κ3) is 4.56. The van der Waals surface area contributed by atoms with Crippen LogP contribution >= 0.6 is 15.9 Å². The van der Waals surface area contributed by atoms with Gasteiger partial charge in [0.05, 0.1) is 0 Å². The van der Waals surface area contributed by atoms with Crippen LogP contribution in [0.5, 0.6) is 5.75 Å². The maximum absolute atomic E-state index is 12.0. The number of aryl methyl sites for hydroxylation is 1. The number of aromatic nitrogens is 2. The topological polar surface area (TPSA) is 77.2 Å². The first-order valence-corrected chi connectivity index (χ1v) is 7.73. The fourth-order valence-electron chi connectivity index (χ4n) is 1.85. The van der Waals surface area contributed by atoms with Crippen LogP contribution in [-0.4, -0.2) is 22.7 Å². The van der Waals surface area contributed by atoms with E-state index in [0.717, 1.165) is 4.47 Å². The van der Waals surface area contributed by atoms with Crippen molar-refractivity contribution in [1.82, 2.24) is 15.5 Å². The molecule has 0 fully saturated rings. The average Bonchev–Trinajstić information content (AvgIpc) is 2.90. The molecule has 0 unspecified atom stereocenters. The standard InChI is InChI=1S/C15H18BrN3O3/c1-9(2)14(15-17-10(3)19-22-15)18-13(20)8-21-12-6-4-11(16)5-7-12/h4-7,9,14H,8H2,1-3H3,(H,18,20)/t14-/m0/s1. The van der Waals surface area contributed by atoms with Crippen LogP contribution < -0.4 is 10.1 Å². The highest BCUT2D eigenvalue weighted by Gasteiger charge is 2.24. The summed E-state index contributed by atoms with van der Waals surface area (Å²) in [5.74, 6) is 1.47. The minimum absolute atomic E-state index is 0.0715. The zero-order valence-corrected chi connectivity index (χ0v) is 14.3. The van der Waals surface area contributed by atoms with E-state index in [1.54, 1.807) is 19.1 Å². The van der Waals surface area contributed by atoms with Crippen molar-refractivity contribution in [1.29, 1.82) is 0 Å². The normalized spacial score (nSPS) is 12.2. The number of rotatable bonds is 6. The highest BCUT2D eigenvalue weighted by Crippen LogP contribution is 2.20. The van der Waals surface area contributed by atoms with Crippen molar-refractivity contribution in [2.24, 2.45) is 5.92 Å². The fraction of sp³-hybridized carbons (Fsp3) is 0.400. The van der Waals surface area contributed by atoms with Crippen molar-refractivity contribution in [3.05, 3.63) is 40.5 Å². The molecule has 0 spiro atoms. The van der Waals surface area contributed by atoms with Gasteiger partial charge in [-0.15, -0.1) is 0 Å². The molecule has 7 heteroatoms. The van der Waals surface area contributed by atoms with E-state index in [1.807, 2.05) is 26.0 Å². The Labute approximate surface area is 137 Å². The number of halogens is 1. The van der Waals surface area contributed by atoms with E-state index in [9.17, 15) is 4.79 Å². The number of carbonyl (C=O) groups is 1. The zero-order chi connectivity index (χ0) is 16.1. The Hall–Kier alpha value is -1.89. The summed E-state index contributed by atoms with van der Waals surface area (Å²) in [5, 5.41) is 6.61. The molecule has 118 valence electrons. The Balaban J connectivity index is 1.92. The lowest BCUT2D eigenvalue weighted by molar-refractivity contribution is -0.124. The Bertz CT molecular complexity index is 625.